The maximum Gasteiger partial charge on any atom is 0.211 e. The Balaban J connectivity index is 2.36. The molecule has 0 aliphatic carbocycles. The molecule has 0 amide bonds. The minimum absolute atomic E-state index is 0.0910. The lowest BCUT2D eigenvalue weighted by Crippen LogP contribution is -2.27. The first kappa shape index (κ1) is 17.5. The van der Waals surface area contributed by atoms with Crippen LogP contribution in [0.15, 0.2) is 29.3 Å². The van der Waals surface area contributed by atoms with Crippen molar-refractivity contribution in [2.75, 3.05) is 24.2 Å². The molecule has 6 nitrogen and oxygen atoms in total. The number of hydrogen-bond acceptors (Lipinski definition) is 3. The molecule has 0 bridgehead atoms. The molecule has 0 aliphatic heterocycles. The van der Waals surface area contributed by atoms with Crippen LogP contribution in [0.25, 0.3) is 0 Å². The lowest BCUT2D eigenvalue weighted by atomic mass is 10.1. The summed E-state index contributed by atoms with van der Waals surface area (Å²) >= 11 is 0. The third kappa shape index (κ3) is 7.10. The summed E-state index contributed by atoms with van der Waals surface area (Å²) < 4.78 is 24.9. The zero-order valence-electron chi connectivity index (χ0n) is 12.6. The van der Waals surface area contributed by atoms with E-state index in [-0.39, 0.29) is 5.75 Å². The molecule has 0 spiro atoms. The second-order valence-corrected chi connectivity index (χ2v) is 6.69. The fourth-order valence-electron chi connectivity index (χ4n) is 1.66. The second-order valence-electron chi connectivity index (χ2n) is 4.60. The molecule has 1 aromatic carbocycles. The van der Waals surface area contributed by atoms with E-state index in [9.17, 15) is 8.42 Å². The number of sulfonamides is 1. The summed E-state index contributed by atoms with van der Waals surface area (Å²) in [5.74, 6) is 0.426. The predicted molar refractivity (Wildman–Crippen MR) is 88.0 cm³/mol. The Morgan fingerprint density at radius 1 is 1.33 bits per heavy atom. The molecule has 0 radical (unpaired) electrons. The smallest absolute Gasteiger partial charge is 0.211 e. The normalized spacial score (nSPS) is 12.4. The van der Waals surface area contributed by atoms with Crippen LogP contribution < -0.4 is 15.8 Å². The van der Waals surface area contributed by atoms with Gasteiger partial charge in [-0.3, -0.25) is 4.99 Å². The number of rotatable bonds is 8. The highest BCUT2D eigenvalue weighted by Crippen LogP contribution is 2.10. The molecule has 0 saturated carbocycles. The van der Waals surface area contributed by atoms with Gasteiger partial charge < -0.3 is 11.1 Å². The zero-order valence-corrected chi connectivity index (χ0v) is 13.4. The van der Waals surface area contributed by atoms with Gasteiger partial charge >= 0.3 is 0 Å². The standard InChI is InChI=1S/C14H24N4O2S/c1-3-12-7-5-8-13(11-12)18-14(15)16-9-6-10-17-21(19,20)4-2/h5,7-8,11,17H,3-4,6,9-10H2,1-2H3,(H3,15,16,18). The third-order valence-electron chi connectivity index (χ3n) is 2.93. The molecule has 7 heteroatoms. The number of aryl methyl sites for hydroxylation is 1. The van der Waals surface area contributed by atoms with Crippen molar-refractivity contribution < 1.29 is 8.42 Å². The number of benzene rings is 1. The molecule has 21 heavy (non-hydrogen) atoms. The van der Waals surface area contributed by atoms with Crippen molar-refractivity contribution in [3.8, 4) is 0 Å². The van der Waals surface area contributed by atoms with Crippen LogP contribution in [-0.4, -0.2) is 33.2 Å². The van der Waals surface area contributed by atoms with Gasteiger partial charge in [-0.25, -0.2) is 13.1 Å². The zero-order chi connectivity index (χ0) is 15.7. The molecule has 0 aromatic heterocycles. The monoisotopic (exact) mass is 312 g/mol. The van der Waals surface area contributed by atoms with Crippen LogP contribution in [0.1, 0.15) is 25.8 Å². The Kier molecular flexibility index (Phi) is 7.18. The summed E-state index contributed by atoms with van der Waals surface area (Å²) in [5, 5.41) is 3.02. The first-order valence-corrected chi connectivity index (χ1v) is 8.75. The Morgan fingerprint density at radius 2 is 2.10 bits per heavy atom. The fraction of sp³-hybridized carbons (Fsp3) is 0.500. The number of nitrogens with one attached hydrogen (secondary N) is 2. The van der Waals surface area contributed by atoms with Crippen LogP contribution in [0, 0.1) is 0 Å². The highest BCUT2D eigenvalue weighted by Gasteiger charge is 2.04. The van der Waals surface area contributed by atoms with Crippen LogP contribution in [0.4, 0.5) is 5.69 Å². The molecule has 1 aromatic rings. The van der Waals surface area contributed by atoms with E-state index in [0.29, 0.717) is 25.5 Å². The highest BCUT2D eigenvalue weighted by molar-refractivity contribution is 7.89. The van der Waals surface area contributed by atoms with E-state index >= 15 is 0 Å². The summed E-state index contributed by atoms with van der Waals surface area (Å²) in [5.41, 5.74) is 7.92. The molecular weight excluding hydrogens is 288 g/mol. The van der Waals surface area contributed by atoms with E-state index in [1.807, 2.05) is 18.2 Å². The van der Waals surface area contributed by atoms with Gasteiger partial charge in [0.05, 0.1) is 5.75 Å². The van der Waals surface area contributed by atoms with Gasteiger partial charge in [-0.05, 0) is 37.5 Å². The van der Waals surface area contributed by atoms with Crippen molar-refractivity contribution in [3.05, 3.63) is 29.8 Å². The first-order valence-electron chi connectivity index (χ1n) is 7.10. The van der Waals surface area contributed by atoms with Gasteiger partial charge in [0.2, 0.25) is 10.0 Å². The summed E-state index contributed by atoms with van der Waals surface area (Å²) in [6, 6.07) is 7.97. The average molecular weight is 312 g/mol. The lowest BCUT2D eigenvalue weighted by molar-refractivity contribution is 0.581. The minimum Gasteiger partial charge on any atom is -0.370 e. The Hall–Kier alpha value is -1.60. The third-order valence-corrected chi connectivity index (χ3v) is 4.33. The van der Waals surface area contributed by atoms with Crippen molar-refractivity contribution >= 4 is 21.7 Å². The van der Waals surface area contributed by atoms with Crippen molar-refractivity contribution in [2.45, 2.75) is 26.7 Å². The van der Waals surface area contributed by atoms with E-state index < -0.39 is 10.0 Å². The van der Waals surface area contributed by atoms with Crippen LogP contribution in [0.2, 0.25) is 0 Å². The van der Waals surface area contributed by atoms with Gasteiger partial charge in [0.15, 0.2) is 5.96 Å². The van der Waals surface area contributed by atoms with Crippen molar-refractivity contribution in [1.29, 1.82) is 0 Å². The summed E-state index contributed by atoms with van der Waals surface area (Å²) in [7, 11) is -3.12. The van der Waals surface area contributed by atoms with E-state index in [1.54, 1.807) is 6.92 Å². The molecule has 118 valence electrons. The van der Waals surface area contributed by atoms with Crippen LogP contribution in [0.3, 0.4) is 0 Å². The van der Waals surface area contributed by atoms with Crippen molar-refractivity contribution in [2.24, 2.45) is 10.7 Å². The maximum absolute atomic E-state index is 11.2. The van der Waals surface area contributed by atoms with Gasteiger partial charge in [0.1, 0.15) is 0 Å². The van der Waals surface area contributed by atoms with Gasteiger partial charge in [0.25, 0.3) is 0 Å². The molecule has 4 N–H and O–H groups in total. The van der Waals surface area contributed by atoms with Crippen LogP contribution >= 0.6 is 0 Å². The number of nitrogens with zero attached hydrogens (tertiary/aromatic N) is 1. The number of hydrogen-bond donors (Lipinski definition) is 3. The SMILES string of the molecule is CCc1cccc(NC(N)=NCCCNS(=O)(=O)CC)c1. The van der Waals surface area contributed by atoms with Crippen LogP contribution in [-0.2, 0) is 16.4 Å². The van der Waals surface area contributed by atoms with Gasteiger partial charge in [-0.15, -0.1) is 0 Å². The van der Waals surface area contributed by atoms with Gasteiger partial charge in [-0.1, -0.05) is 19.1 Å². The molecule has 0 atom stereocenters. The first-order chi connectivity index (χ1) is 9.96. The maximum atomic E-state index is 11.2. The van der Waals surface area contributed by atoms with E-state index in [0.717, 1.165) is 12.1 Å². The molecule has 0 heterocycles. The lowest BCUT2D eigenvalue weighted by Gasteiger charge is -2.07. The number of guanidine groups is 1. The van der Waals surface area contributed by atoms with Crippen molar-refractivity contribution in [1.82, 2.24) is 4.72 Å². The molecule has 0 saturated heterocycles. The molecule has 1 rings (SSSR count). The number of nitrogens with two attached hydrogens (primary N) is 1. The van der Waals surface area contributed by atoms with E-state index in [2.05, 4.69) is 28.0 Å². The van der Waals surface area contributed by atoms with E-state index in [4.69, 9.17) is 5.73 Å². The predicted octanol–water partition coefficient (Wildman–Crippen LogP) is 1.30. The molecular formula is C14H24N4O2S. The molecule has 0 fully saturated rings. The quantitative estimate of drug-likeness (QED) is 0.383. The van der Waals surface area contributed by atoms with Gasteiger partial charge in [0, 0.05) is 18.8 Å². The summed E-state index contributed by atoms with van der Waals surface area (Å²) in [6.45, 7) is 4.54. The second kappa shape index (κ2) is 8.63. The Morgan fingerprint density at radius 3 is 2.76 bits per heavy atom. The Bertz CT molecular complexity index is 570. The van der Waals surface area contributed by atoms with E-state index in [1.165, 1.54) is 5.56 Å². The minimum atomic E-state index is -3.12. The van der Waals surface area contributed by atoms with Gasteiger partial charge in [-0.2, -0.15) is 0 Å². The molecule has 0 aliphatic rings. The summed E-state index contributed by atoms with van der Waals surface area (Å²) in [4.78, 5) is 4.17. The Labute approximate surface area is 126 Å². The highest BCUT2D eigenvalue weighted by atomic mass is 32.2. The molecule has 0 unspecified atom stereocenters. The fourth-order valence-corrected chi connectivity index (χ4v) is 2.32. The number of anilines is 1. The van der Waals surface area contributed by atoms with Crippen LogP contribution in [0.5, 0.6) is 0 Å². The average Bonchev–Trinajstić information content (AvgIpc) is 2.47. The van der Waals surface area contributed by atoms with Crippen molar-refractivity contribution in [3.63, 3.8) is 0 Å². The topological polar surface area (TPSA) is 96.6 Å². The largest absolute Gasteiger partial charge is 0.370 e. The number of aliphatic imine (C=N–C) groups is 1. The summed E-state index contributed by atoms with van der Waals surface area (Å²) in [6.07, 6.45) is 1.57.